The average Bonchev–Trinajstić information content (AvgIpc) is 3.11. The largest absolute Gasteiger partial charge is 0.489 e. The van der Waals surface area contributed by atoms with Crippen molar-refractivity contribution in [1.82, 2.24) is 14.5 Å². The number of likely N-dealkylation sites (tertiary alicyclic amines) is 1. The van der Waals surface area contributed by atoms with E-state index in [-0.39, 0.29) is 18.2 Å². The second-order valence-electron chi connectivity index (χ2n) is 8.56. The molecule has 4 rings (SSSR count). The predicted octanol–water partition coefficient (Wildman–Crippen LogP) is 4.16. The molecule has 0 radical (unpaired) electrons. The molecule has 5 heteroatoms. The molecule has 3 heterocycles. The highest BCUT2D eigenvalue weighted by atomic mass is 16.5. The van der Waals surface area contributed by atoms with Gasteiger partial charge >= 0.3 is 0 Å². The molecule has 0 atom stereocenters. The molecule has 5 nitrogen and oxygen atoms in total. The highest BCUT2D eigenvalue weighted by Crippen LogP contribution is 2.25. The average molecular weight is 380 g/mol. The van der Waals surface area contributed by atoms with Gasteiger partial charge in [-0.05, 0) is 69.5 Å². The first-order valence-corrected chi connectivity index (χ1v) is 10.0. The molecule has 1 aromatic carbocycles. The van der Waals surface area contributed by atoms with E-state index < -0.39 is 0 Å². The summed E-state index contributed by atoms with van der Waals surface area (Å²) in [6.45, 7) is 9.01. The van der Waals surface area contributed by atoms with Crippen LogP contribution in [-0.4, -0.2) is 44.3 Å². The maximum Gasteiger partial charge on any atom is 0.138 e. The third-order valence-corrected chi connectivity index (χ3v) is 5.60. The zero-order valence-electron chi connectivity index (χ0n) is 16.9. The van der Waals surface area contributed by atoms with Crippen LogP contribution < -0.4 is 4.74 Å². The van der Waals surface area contributed by atoms with Crippen molar-refractivity contribution in [2.75, 3.05) is 13.1 Å². The Kier molecular flexibility index (Phi) is 5.13. The van der Waals surface area contributed by atoms with Gasteiger partial charge in [0.05, 0.1) is 18.3 Å². The second kappa shape index (κ2) is 7.57. The number of rotatable bonds is 4. The molecule has 0 amide bonds. The molecular weight excluding hydrogens is 350 g/mol. The van der Waals surface area contributed by atoms with Gasteiger partial charge in [-0.25, -0.2) is 4.98 Å². The van der Waals surface area contributed by atoms with Crippen LogP contribution in [0.25, 0.3) is 16.7 Å². The van der Waals surface area contributed by atoms with Gasteiger partial charge in [-0.2, -0.15) is 0 Å². The smallest absolute Gasteiger partial charge is 0.138 e. The minimum atomic E-state index is 0.0556. The molecule has 0 saturated carbocycles. The van der Waals surface area contributed by atoms with E-state index in [4.69, 9.17) is 4.74 Å². The zero-order chi connectivity index (χ0) is 19.7. The molecule has 1 aliphatic heterocycles. The number of aliphatic hydroxyl groups is 1. The van der Waals surface area contributed by atoms with Crippen molar-refractivity contribution in [3.63, 3.8) is 0 Å². The Morgan fingerprint density at radius 1 is 1.11 bits per heavy atom. The van der Waals surface area contributed by atoms with Crippen LogP contribution in [-0.2, 0) is 6.61 Å². The summed E-state index contributed by atoms with van der Waals surface area (Å²) in [7, 11) is 0. The molecule has 3 aromatic rings. The number of benzene rings is 1. The van der Waals surface area contributed by atoms with Crippen LogP contribution in [0.15, 0.2) is 48.8 Å². The molecule has 1 saturated heterocycles. The number of piperidine rings is 1. The molecule has 0 unspecified atom stereocenters. The van der Waals surface area contributed by atoms with Crippen LogP contribution in [0.2, 0.25) is 0 Å². The molecule has 148 valence electrons. The summed E-state index contributed by atoms with van der Waals surface area (Å²) in [4.78, 5) is 7.13. The first-order valence-electron chi connectivity index (χ1n) is 10.0. The molecular formula is C23H29N3O2. The lowest BCUT2D eigenvalue weighted by Gasteiger charge is -2.40. The number of hydrogen-bond donors (Lipinski definition) is 1. The number of pyridine rings is 1. The van der Waals surface area contributed by atoms with Gasteiger partial charge in [0.2, 0.25) is 0 Å². The fourth-order valence-electron chi connectivity index (χ4n) is 3.91. The van der Waals surface area contributed by atoms with E-state index in [1.54, 1.807) is 0 Å². The number of aliphatic hydroxyl groups excluding tert-OH is 1. The summed E-state index contributed by atoms with van der Waals surface area (Å²) in [5.41, 5.74) is 2.22. The Labute approximate surface area is 166 Å². The Morgan fingerprint density at radius 3 is 2.54 bits per heavy atom. The summed E-state index contributed by atoms with van der Waals surface area (Å²) in [6.07, 6.45) is 6.19. The second-order valence-corrected chi connectivity index (χ2v) is 8.56. The molecule has 1 N–H and O–H groups in total. The van der Waals surface area contributed by atoms with Crippen LogP contribution in [0.4, 0.5) is 0 Å². The number of hydrogen-bond acceptors (Lipinski definition) is 4. The van der Waals surface area contributed by atoms with Crippen LogP contribution in [0, 0.1) is 0 Å². The van der Waals surface area contributed by atoms with Crippen molar-refractivity contribution in [2.24, 2.45) is 0 Å². The highest BCUT2D eigenvalue weighted by molar-refractivity contribution is 5.82. The van der Waals surface area contributed by atoms with E-state index in [9.17, 15) is 5.11 Å². The number of nitrogens with zero attached hydrogens (tertiary/aromatic N) is 3. The number of fused-ring (bicyclic) bond motifs is 1. The van der Waals surface area contributed by atoms with Crippen LogP contribution in [0.5, 0.6) is 5.75 Å². The standard InChI is InChI=1S/C23H29N3O2/c1-23(2,3)25-11-9-19(10-12-25)28-20-5-7-22(24-15-20)26-13-8-18-14-17(16-27)4-6-21(18)26/h4-8,13-15,19,27H,9-12,16H2,1-3H3. The minimum absolute atomic E-state index is 0.0556. The predicted molar refractivity (Wildman–Crippen MR) is 112 cm³/mol. The van der Waals surface area contributed by atoms with Crippen molar-refractivity contribution in [2.45, 2.75) is 51.9 Å². The summed E-state index contributed by atoms with van der Waals surface area (Å²) in [6, 6.07) is 12.0. The third-order valence-electron chi connectivity index (χ3n) is 5.60. The Morgan fingerprint density at radius 2 is 1.89 bits per heavy atom. The molecule has 1 aliphatic rings. The fraction of sp³-hybridized carbons (Fsp3) is 0.435. The monoisotopic (exact) mass is 379 g/mol. The summed E-state index contributed by atoms with van der Waals surface area (Å²) in [5.74, 6) is 1.69. The zero-order valence-corrected chi connectivity index (χ0v) is 16.9. The SMILES string of the molecule is CC(C)(C)N1CCC(Oc2ccc(-n3ccc4cc(CO)ccc43)nc2)CC1. The van der Waals surface area contributed by atoms with Crippen molar-refractivity contribution >= 4 is 10.9 Å². The van der Waals surface area contributed by atoms with E-state index in [1.807, 2.05) is 48.8 Å². The van der Waals surface area contributed by atoms with E-state index in [1.165, 1.54) is 0 Å². The van der Waals surface area contributed by atoms with Crippen molar-refractivity contribution in [3.8, 4) is 11.6 Å². The topological polar surface area (TPSA) is 50.5 Å². The summed E-state index contributed by atoms with van der Waals surface area (Å²) >= 11 is 0. The molecule has 28 heavy (non-hydrogen) atoms. The van der Waals surface area contributed by atoms with Crippen molar-refractivity contribution < 1.29 is 9.84 Å². The van der Waals surface area contributed by atoms with Gasteiger partial charge in [0.25, 0.3) is 0 Å². The fourth-order valence-corrected chi connectivity index (χ4v) is 3.91. The third kappa shape index (κ3) is 3.91. The minimum Gasteiger partial charge on any atom is -0.489 e. The molecule has 0 spiro atoms. The highest BCUT2D eigenvalue weighted by Gasteiger charge is 2.27. The molecule has 0 aliphatic carbocycles. The van der Waals surface area contributed by atoms with Crippen LogP contribution in [0.1, 0.15) is 39.2 Å². The van der Waals surface area contributed by atoms with Gasteiger partial charge in [0.1, 0.15) is 17.7 Å². The molecule has 1 fully saturated rings. The van der Waals surface area contributed by atoms with Crippen LogP contribution in [0.3, 0.4) is 0 Å². The van der Waals surface area contributed by atoms with E-state index in [0.717, 1.165) is 54.0 Å². The lowest BCUT2D eigenvalue weighted by atomic mass is 9.99. The normalized spacial score (nSPS) is 16.6. The maximum absolute atomic E-state index is 9.30. The Balaban J connectivity index is 1.44. The lowest BCUT2D eigenvalue weighted by Crippen LogP contribution is -2.48. The van der Waals surface area contributed by atoms with Crippen molar-refractivity contribution in [3.05, 3.63) is 54.4 Å². The van der Waals surface area contributed by atoms with Gasteiger partial charge in [-0.1, -0.05) is 6.07 Å². The Bertz CT molecular complexity index is 933. The van der Waals surface area contributed by atoms with Gasteiger partial charge in [-0.15, -0.1) is 0 Å². The van der Waals surface area contributed by atoms with Gasteiger partial charge < -0.3 is 14.4 Å². The lowest BCUT2D eigenvalue weighted by molar-refractivity contribution is 0.0490. The van der Waals surface area contributed by atoms with E-state index >= 15 is 0 Å². The van der Waals surface area contributed by atoms with E-state index in [0.29, 0.717) is 0 Å². The number of aromatic nitrogens is 2. The van der Waals surface area contributed by atoms with Gasteiger partial charge in [0.15, 0.2) is 0 Å². The maximum atomic E-state index is 9.30. The van der Waals surface area contributed by atoms with Gasteiger partial charge in [0, 0.05) is 30.2 Å². The summed E-state index contributed by atoms with van der Waals surface area (Å²) < 4.78 is 8.24. The van der Waals surface area contributed by atoms with Crippen molar-refractivity contribution in [1.29, 1.82) is 0 Å². The van der Waals surface area contributed by atoms with Gasteiger partial charge in [-0.3, -0.25) is 4.90 Å². The Hall–Kier alpha value is -2.37. The summed E-state index contributed by atoms with van der Waals surface area (Å²) in [5, 5.41) is 10.4. The number of ether oxygens (including phenoxy) is 1. The first-order chi connectivity index (χ1) is 13.4. The van der Waals surface area contributed by atoms with E-state index in [2.05, 4.69) is 35.2 Å². The van der Waals surface area contributed by atoms with Crippen LogP contribution >= 0.6 is 0 Å². The molecule has 2 aromatic heterocycles. The molecule has 0 bridgehead atoms. The first kappa shape index (κ1) is 19.0. The quantitative estimate of drug-likeness (QED) is 0.740.